The highest BCUT2D eigenvalue weighted by atomic mass is 19.4. The summed E-state index contributed by atoms with van der Waals surface area (Å²) in [6, 6.07) is 2.19. The number of pyridine rings is 1. The van der Waals surface area contributed by atoms with Gasteiger partial charge in [0.25, 0.3) is 0 Å². The van der Waals surface area contributed by atoms with E-state index in [1.807, 2.05) is 0 Å². The summed E-state index contributed by atoms with van der Waals surface area (Å²) in [6.07, 6.45) is -7.75. The number of nitrogen functional groups attached to an aromatic ring is 1. The van der Waals surface area contributed by atoms with Gasteiger partial charge in [-0.25, -0.2) is 4.98 Å². The molecule has 0 saturated carbocycles. The van der Waals surface area contributed by atoms with Crippen molar-refractivity contribution in [3.8, 4) is 6.07 Å². The standard InChI is InChI=1S/C10H10F3N3O2/c11-10(12,13)5-3-6(9(15)16-4-5)8(18)7(17)1-2-14/h3-4,7-8,17-18H,1H2,(H2,15,16). The summed E-state index contributed by atoms with van der Waals surface area (Å²) in [6.45, 7) is 0. The van der Waals surface area contributed by atoms with Gasteiger partial charge in [-0.1, -0.05) is 0 Å². The van der Waals surface area contributed by atoms with Crippen molar-refractivity contribution < 1.29 is 23.4 Å². The van der Waals surface area contributed by atoms with E-state index in [0.29, 0.717) is 12.3 Å². The van der Waals surface area contributed by atoms with Crippen molar-refractivity contribution in [3.05, 3.63) is 23.4 Å². The van der Waals surface area contributed by atoms with Crippen LogP contribution in [0.25, 0.3) is 0 Å². The summed E-state index contributed by atoms with van der Waals surface area (Å²) in [4.78, 5) is 3.31. The summed E-state index contributed by atoms with van der Waals surface area (Å²) in [5.41, 5.74) is 3.89. The molecule has 0 aliphatic heterocycles. The lowest BCUT2D eigenvalue weighted by molar-refractivity contribution is -0.138. The monoisotopic (exact) mass is 261 g/mol. The Morgan fingerprint density at radius 3 is 2.56 bits per heavy atom. The zero-order valence-corrected chi connectivity index (χ0v) is 9.02. The molecule has 0 radical (unpaired) electrons. The first-order valence-corrected chi connectivity index (χ1v) is 4.83. The summed E-state index contributed by atoms with van der Waals surface area (Å²) in [5.74, 6) is -0.326. The molecule has 2 unspecified atom stereocenters. The molecule has 0 saturated heterocycles. The highest BCUT2D eigenvalue weighted by Crippen LogP contribution is 2.32. The zero-order chi connectivity index (χ0) is 13.9. The number of rotatable bonds is 3. The largest absolute Gasteiger partial charge is 0.417 e. The van der Waals surface area contributed by atoms with Crippen LogP contribution in [-0.4, -0.2) is 21.3 Å². The SMILES string of the molecule is N#CCC(O)C(O)c1cc(C(F)(F)F)cnc1N. The maximum atomic E-state index is 12.4. The highest BCUT2D eigenvalue weighted by molar-refractivity contribution is 5.43. The second kappa shape index (κ2) is 5.20. The van der Waals surface area contributed by atoms with Crippen molar-refractivity contribution in [3.63, 3.8) is 0 Å². The van der Waals surface area contributed by atoms with Crippen LogP contribution >= 0.6 is 0 Å². The fourth-order valence-electron chi connectivity index (χ4n) is 1.30. The Morgan fingerprint density at radius 1 is 1.44 bits per heavy atom. The fraction of sp³-hybridized carbons (Fsp3) is 0.400. The third kappa shape index (κ3) is 3.09. The van der Waals surface area contributed by atoms with E-state index in [0.717, 1.165) is 0 Å². The van der Waals surface area contributed by atoms with Gasteiger partial charge in [-0.2, -0.15) is 18.4 Å². The van der Waals surface area contributed by atoms with Crippen LogP contribution < -0.4 is 5.73 Å². The van der Waals surface area contributed by atoms with Crippen LogP contribution in [0.15, 0.2) is 12.3 Å². The van der Waals surface area contributed by atoms with Crippen LogP contribution in [0.3, 0.4) is 0 Å². The first-order valence-electron chi connectivity index (χ1n) is 4.83. The number of aromatic nitrogens is 1. The molecular weight excluding hydrogens is 251 g/mol. The lowest BCUT2D eigenvalue weighted by Gasteiger charge is -2.18. The minimum Gasteiger partial charge on any atom is -0.389 e. The lowest BCUT2D eigenvalue weighted by atomic mass is 10.0. The average Bonchev–Trinajstić information content (AvgIpc) is 2.27. The number of aliphatic hydroxyl groups is 2. The number of nitrogens with two attached hydrogens (primary N) is 1. The van der Waals surface area contributed by atoms with E-state index in [2.05, 4.69) is 4.98 Å². The zero-order valence-electron chi connectivity index (χ0n) is 9.02. The minimum absolute atomic E-state index is 0.326. The number of anilines is 1. The van der Waals surface area contributed by atoms with Gasteiger partial charge in [-0.15, -0.1) is 0 Å². The van der Waals surface area contributed by atoms with Gasteiger partial charge in [0.05, 0.1) is 24.2 Å². The van der Waals surface area contributed by atoms with E-state index in [-0.39, 0.29) is 11.4 Å². The third-order valence-corrected chi connectivity index (χ3v) is 2.26. The Bertz CT molecular complexity index is 470. The Balaban J connectivity index is 3.12. The van der Waals surface area contributed by atoms with Gasteiger partial charge >= 0.3 is 6.18 Å². The number of alkyl halides is 3. The molecule has 0 fully saturated rings. The average molecular weight is 261 g/mol. The van der Waals surface area contributed by atoms with Gasteiger partial charge in [-0.3, -0.25) is 0 Å². The van der Waals surface area contributed by atoms with Crippen LogP contribution in [0.5, 0.6) is 0 Å². The normalized spacial score (nSPS) is 14.9. The predicted octanol–water partition coefficient (Wildman–Crippen LogP) is 0.991. The number of nitriles is 1. The third-order valence-electron chi connectivity index (χ3n) is 2.26. The highest BCUT2D eigenvalue weighted by Gasteiger charge is 2.33. The van der Waals surface area contributed by atoms with Crippen molar-refractivity contribution >= 4 is 5.82 Å². The molecule has 0 bridgehead atoms. The molecule has 0 aromatic carbocycles. The Labute approximate surface area is 100 Å². The van der Waals surface area contributed by atoms with Gasteiger partial charge in [0.1, 0.15) is 11.9 Å². The smallest absolute Gasteiger partial charge is 0.389 e. The molecule has 1 aromatic heterocycles. The Morgan fingerprint density at radius 2 is 2.06 bits per heavy atom. The molecule has 8 heteroatoms. The maximum Gasteiger partial charge on any atom is 0.417 e. The van der Waals surface area contributed by atoms with Gasteiger partial charge in [0.15, 0.2) is 0 Å². The summed E-state index contributed by atoms with van der Waals surface area (Å²) in [5, 5.41) is 27.3. The number of aliphatic hydroxyl groups excluding tert-OH is 2. The van der Waals surface area contributed by atoms with Crippen LogP contribution in [0.2, 0.25) is 0 Å². The molecule has 0 amide bonds. The van der Waals surface area contributed by atoms with Crippen LogP contribution in [0.1, 0.15) is 23.7 Å². The quantitative estimate of drug-likeness (QED) is 0.752. The van der Waals surface area contributed by atoms with Gasteiger partial charge < -0.3 is 15.9 Å². The minimum atomic E-state index is -4.63. The molecule has 2 atom stereocenters. The van der Waals surface area contributed by atoms with Crippen molar-refractivity contribution in [1.82, 2.24) is 4.98 Å². The van der Waals surface area contributed by atoms with E-state index >= 15 is 0 Å². The Hall–Kier alpha value is -1.85. The molecule has 1 rings (SSSR count). The number of halogens is 3. The van der Waals surface area contributed by atoms with Gasteiger partial charge in [0, 0.05) is 11.8 Å². The van der Waals surface area contributed by atoms with E-state index in [1.165, 1.54) is 0 Å². The van der Waals surface area contributed by atoms with Crippen molar-refractivity contribution in [1.29, 1.82) is 5.26 Å². The van der Waals surface area contributed by atoms with Crippen molar-refractivity contribution in [2.75, 3.05) is 5.73 Å². The van der Waals surface area contributed by atoms with E-state index in [4.69, 9.17) is 11.0 Å². The number of hydrogen-bond donors (Lipinski definition) is 3. The molecule has 0 aliphatic rings. The van der Waals surface area contributed by atoms with Crippen LogP contribution in [0.4, 0.5) is 19.0 Å². The fourth-order valence-corrected chi connectivity index (χ4v) is 1.30. The lowest BCUT2D eigenvalue weighted by Crippen LogP contribution is -2.20. The van der Waals surface area contributed by atoms with E-state index < -0.39 is 30.4 Å². The van der Waals surface area contributed by atoms with Gasteiger partial charge in [0.2, 0.25) is 0 Å². The topological polar surface area (TPSA) is 103 Å². The number of hydrogen-bond acceptors (Lipinski definition) is 5. The molecule has 18 heavy (non-hydrogen) atoms. The van der Waals surface area contributed by atoms with E-state index in [1.54, 1.807) is 6.07 Å². The summed E-state index contributed by atoms with van der Waals surface area (Å²) in [7, 11) is 0. The second-order valence-electron chi connectivity index (χ2n) is 3.57. The summed E-state index contributed by atoms with van der Waals surface area (Å²) < 4.78 is 37.3. The number of nitrogens with zero attached hydrogens (tertiary/aromatic N) is 2. The predicted molar refractivity (Wildman–Crippen MR) is 54.8 cm³/mol. The molecule has 98 valence electrons. The summed E-state index contributed by atoms with van der Waals surface area (Å²) >= 11 is 0. The molecular formula is C10H10F3N3O2. The Kier molecular flexibility index (Phi) is 4.11. The maximum absolute atomic E-state index is 12.4. The van der Waals surface area contributed by atoms with Crippen molar-refractivity contribution in [2.24, 2.45) is 0 Å². The molecule has 1 heterocycles. The van der Waals surface area contributed by atoms with Crippen molar-refractivity contribution in [2.45, 2.75) is 24.8 Å². The molecule has 0 aliphatic carbocycles. The first-order chi connectivity index (χ1) is 8.27. The molecule has 1 aromatic rings. The van der Waals surface area contributed by atoms with Gasteiger partial charge in [-0.05, 0) is 6.07 Å². The molecule has 4 N–H and O–H groups in total. The van der Waals surface area contributed by atoms with Crippen LogP contribution in [-0.2, 0) is 6.18 Å². The molecule has 5 nitrogen and oxygen atoms in total. The van der Waals surface area contributed by atoms with E-state index in [9.17, 15) is 23.4 Å². The first kappa shape index (κ1) is 14.2. The second-order valence-corrected chi connectivity index (χ2v) is 3.57. The van der Waals surface area contributed by atoms with Crippen LogP contribution in [0, 0.1) is 11.3 Å². The molecule has 0 spiro atoms.